The van der Waals surface area contributed by atoms with Gasteiger partial charge in [0.1, 0.15) is 11.9 Å². The fraction of sp³-hybridized carbons (Fsp3) is 0.600. The lowest BCUT2D eigenvalue weighted by molar-refractivity contribution is -0.138. The zero-order valence-corrected chi connectivity index (χ0v) is 14.2. The summed E-state index contributed by atoms with van der Waals surface area (Å²) >= 11 is 1.57. The molecule has 8 heteroatoms. The van der Waals surface area contributed by atoms with E-state index in [-0.39, 0.29) is 12.0 Å². The first-order valence-corrected chi connectivity index (χ1v) is 8.75. The Morgan fingerprint density at radius 3 is 3.13 bits per heavy atom. The van der Waals surface area contributed by atoms with E-state index in [1.165, 1.54) is 0 Å². The van der Waals surface area contributed by atoms with Crippen LogP contribution in [0.2, 0.25) is 0 Å². The fourth-order valence-electron chi connectivity index (χ4n) is 2.59. The lowest BCUT2D eigenvalue weighted by Gasteiger charge is -2.31. The highest BCUT2D eigenvalue weighted by Gasteiger charge is 2.28. The van der Waals surface area contributed by atoms with E-state index in [0.29, 0.717) is 31.9 Å². The molecule has 124 valence electrons. The molecule has 1 N–H and O–H groups in total. The summed E-state index contributed by atoms with van der Waals surface area (Å²) in [6, 6.07) is 0. The number of nitrogens with zero attached hydrogens (tertiary/aromatic N) is 4. The fourth-order valence-corrected chi connectivity index (χ4v) is 3.20. The summed E-state index contributed by atoms with van der Waals surface area (Å²) in [5.41, 5.74) is 0.837. The van der Waals surface area contributed by atoms with Crippen molar-refractivity contribution in [2.45, 2.75) is 39.2 Å². The third kappa shape index (κ3) is 3.94. The van der Waals surface area contributed by atoms with E-state index in [0.717, 1.165) is 29.4 Å². The molecule has 3 rings (SSSR count). The molecule has 3 heterocycles. The van der Waals surface area contributed by atoms with Gasteiger partial charge in [0, 0.05) is 18.3 Å². The second-order valence-corrected chi connectivity index (χ2v) is 6.69. The van der Waals surface area contributed by atoms with Crippen LogP contribution in [0.5, 0.6) is 0 Å². The van der Waals surface area contributed by atoms with Crippen LogP contribution in [0.15, 0.2) is 5.38 Å². The number of hydrogen-bond acceptors (Lipinski definition) is 6. The number of aromatic amines is 1. The first-order chi connectivity index (χ1) is 11.2. The van der Waals surface area contributed by atoms with Crippen molar-refractivity contribution in [1.29, 1.82) is 0 Å². The van der Waals surface area contributed by atoms with E-state index >= 15 is 0 Å². The highest BCUT2D eigenvalue weighted by molar-refractivity contribution is 7.09. The van der Waals surface area contributed by atoms with Crippen molar-refractivity contribution in [2.24, 2.45) is 0 Å². The van der Waals surface area contributed by atoms with E-state index in [4.69, 9.17) is 4.74 Å². The number of aryl methyl sites for hydroxylation is 2. The molecule has 0 unspecified atom stereocenters. The average Bonchev–Trinajstić information content (AvgIpc) is 3.17. The number of aromatic nitrogens is 4. The van der Waals surface area contributed by atoms with Gasteiger partial charge in [0.2, 0.25) is 5.91 Å². The van der Waals surface area contributed by atoms with E-state index < -0.39 is 0 Å². The van der Waals surface area contributed by atoms with E-state index in [2.05, 4.69) is 27.1 Å². The Labute approximate surface area is 139 Å². The third-order valence-electron chi connectivity index (χ3n) is 3.74. The summed E-state index contributed by atoms with van der Waals surface area (Å²) in [6.45, 7) is 5.64. The van der Waals surface area contributed by atoms with Crippen molar-refractivity contribution in [1.82, 2.24) is 25.1 Å². The normalized spacial score (nSPS) is 18.3. The predicted octanol–water partition coefficient (Wildman–Crippen LogP) is 1.66. The monoisotopic (exact) mass is 335 g/mol. The molecule has 7 nitrogen and oxygen atoms in total. The number of carbonyl (C=O) groups is 1. The number of amides is 1. The Morgan fingerprint density at radius 1 is 1.52 bits per heavy atom. The molecular formula is C15H21N5O2S. The van der Waals surface area contributed by atoms with Crippen LogP contribution in [0, 0.1) is 6.92 Å². The van der Waals surface area contributed by atoms with Crippen molar-refractivity contribution in [3.63, 3.8) is 0 Å². The SMILES string of the molecule is CCCc1nc([C@H]2CN(C(=O)Cc3csc(C)n3)CCO2)n[nH]1. The van der Waals surface area contributed by atoms with Gasteiger partial charge in [-0.2, -0.15) is 5.10 Å². The second-order valence-electron chi connectivity index (χ2n) is 5.62. The van der Waals surface area contributed by atoms with Crippen LogP contribution in [0.25, 0.3) is 0 Å². The molecule has 0 saturated carbocycles. The van der Waals surface area contributed by atoms with Crippen molar-refractivity contribution >= 4 is 17.2 Å². The van der Waals surface area contributed by atoms with E-state index in [1.807, 2.05) is 17.2 Å². The van der Waals surface area contributed by atoms with Crippen LogP contribution in [-0.4, -0.2) is 50.7 Å². The quantitative estimate of drug-likeness (QED) is 0.898. The number of H-pyrrole nitrogens is 1. The smallest absolute Gasteiger partial charge is 0.228 e. The van der Waals surface area contributed by atoms with E-state index in [9.17, 15) is 4.79 Å². The first kappa shape index (κ1) is 16.1. The Hall–Kier alpha value is -1.80. The Morgan fingerprint density at radius 2 is 2.39 bits per heavy atom. The highest BCUT2D eigenvalue weighted by Crippen LogP contribution is 2.20. The molecule has 0 aliphatic carbocycles. The second kappa shape index (κ2) is 7.18. The molecule has 2 aromatic heterocycles. The van der Waals surface area contributed by atoms with Gasteiger partial charge in [0.15, 0.2) is 5.82 Å². The highest BCUT2D eigenvalue weighted by atomic mass is 32.1. The average molecular weight is 335 g/mol. The molecule has 0 radical (unpaired) electrons. The van der Waals surface area contributed by atoms with Crippen LogP contribution in [0.4, 0.5) is 0 Å². The standard InChI is InChI=1S/C15H21N5O2S/c1-3-4-13-17-15(19-18-13)12-8-20(5-6-22-12)14(21)7-11-9-23-10(2)16-11/h9,12H,3-8H2,1-2H3,(H,17,18,19)/t12-/m1/s1. The summed E-state index contributed by atoms with van der Waals surface area (Å²) in [4.78, 5) is 23.1. The summed E-state index contributed by atoms with van der Waals surface area (Å²) in [5.74, 6) is 1.58. The Bertz CT molecular complexity index is 668. The lowest BCUT2D eigenvalue weighted by atomic mass is 10.2. The van der Waals surface area contributed by atoms with Gasteiger partial charge in [0.05, 0.1) is 30.3 Å². The van der Waals surface area contributed by atoms with Crippen LogP contribution < -0.4 is 0 Å². The third-order valence-corrected chi connectivity index (χ3v) is 4.56. The van der Waals surface area contributed by atoms with Gasteiger partial charge in [-0.05, 0) is 13.3 Å². The number of carbonyl (C=O) groups excluding carboxylic acids is 1. The summed E-state index contributed by atoms with van der Waals surface area (Å²) in [5, 5.41) is 10.1. The molecular weight excluding hydrogens is 314 g/mol. The number of nitrogens with one attached hydrogen (secondary N) is 1. The van der Waals surface area contributed by atoms with Crippen molar-refractivity contribution < 1.29 is 9.53 Å². The summed E-state index contributed by atoms with van der Waals surface area (Å²) < 4.78 is 5.74. The number of morpholine rings is 1. The van der Waals surface area contributed by atoms with Crippen molar-refractivity contribution in [2.75, 3.05) is 19.7 Å². The Balaban J connectivity index is 1.61. The van der Waals surface area contributed by atoms with Gasteiger partial charge < -0.3 is 9.64 Å². The minimum atomic E-state index is -0.258. The maximum atomic E-state index is 12.4. The lowest BCUT2D eigenvalue weighted by Crippen LogP contribution is -2.43. The maximum absolute atomic E-state index is 12.4. The molecule has 1 aliphatic heterocycles. The maximum Gasteiger partial charge on any atom is 0.228 e. The number of thiazole rings is 1. The zero-order valence-electron chi connectivity index (χ0n) is 13.4. The molecule has 0 aromatic carbocycles. The van der Waals surface area contributed by atoms with Gasteiger partial charge in [-0.3, -0.25) is 9.89 Å². The van der Waals surface area contributed by atoms with Crippen LogP contribution in [0.1, 0.15) is 41.8 Å². The van der Waals surface area contributed by atoms with Gasteiger partial charge in [-0.25, -0.2) is 9.97 Å². The molecule has 1 saturated heterocycles. The van der Waals surface area contributed by atoms with E-state index in [1.54, 1.807) is 11.3 Å². The first-order valence-electron chi connectivity index (χ1n) is 7.87. The topological polar surface area (TPSA) is 84.0 Å². The van der Waals surface area contributed by atoms with Crippen molar-refractivity contribution in [3.8, 4) is 0 Å². The number of rotatable bonds is 5. The molecule has 0 spiro atoms. The minimum absolute atomic E-state index is 0.0768. The summed E-state index contributed by atoms with van der Waals surface area (Å²) in [7, 11) is 0. The van der Waals surface area contributed by atoms with Gasteiger partial charge in [0.25, 0.3) is 0 Å². The molecule has 1 atom stereocenters. The molecule has 23 heavy (non-hydrogen) atoms. The minimum Gasteiger partial charge on any atom is -0.366 e. The molecule has 1 amide bonds. The van der Waals surface area contributed by atoms with Crippen LogP contribution in [0.3, 0.4) is 0 Å². The largest absolute Gasteiger partial charge is 0.366 e. The summed E-state index contributed by atoms with van der Waals surface area (Å²) in [6.07, 6.45) is 1.96. The predicted molar refractivity (Wildman–Crippen MR) is 86.2 cm³/mol. The van der Waals surface area contributed by atoms with Gasteiger partial charge in [-0.1, -0.05) is 6.92 Å². The molecule has 0 bridgehead atoms. The zero-order chi connectivity index (χ0) is 16.2. The van der Waals surface area contributed by atoms with Crippen LogP contribution in [-0.2, 0) is 22.4 Å². The number of hydrogen-bond donors (Lipinski definition) is 1. The Kier molecular flexibility index (Phi) is 5.02. The van der Waals surface area contributed by atoms with Gasteiger partial charge >= 0.3 is 0 Å². The van der Waals surface area contributed by atoms with Crippen LogP contribution >= 0.6 is 11.3 Å². The molecule has 2 aromatic rings. The molecule has 1 fully saturated rings. The molecule has 1 aliphatic rings. The number of ether oxygens (including phenoxy) is 1. The van der Waals surface area contributed by atoms with Crippen molar-refractivity contribution in [3.05, 3.63) is 27.7 Å². The van der Waals surface area contributed by atoms with Gasteiger partial charge in [-0.15, -0.1) is 11.3 Å².